The summed E-state index contributed by atoms with van der Waals surface area (Å²) in [5.74, 6) is 0.784. The summed E-state index contributed by atoms with van der Waals surface area (Å²) in [6.07, 6.45) is -0.422. The number of quaternary nitrogens is 2. The normalized spacial score (nSPS) is 23.9. The lowest BCUT2D eigenvalue weighted by Crippen LogP contribution is -3.27. The molecule has 1 fully saturated rings. The molecule has 1 aliphatic rings. The molecule has 0 unspecified atom stereocenters. The van der Waals surface area contributed by atoms with Crippen LogP contribution in [0.2, 0.25) is 5.02 Å². The molecule has 0 saturated carbocycles. The molecule has 1 aromatic carbocycles. The van der Waals surface area contributed by atoms with Crippen molar-refractivity contribution in [2.75, 3.05) is 46.4 Å². The van der Waals surface area contributed by atoms with Gasteiger partial charge in [0.25, 0.3) is 0 Å². The molecule has 0 spiro atoms. The third kappa shape index (κ3) is 4.85. The fourth-order valence-electron chi connectivity index (χ4n) is 2.81. The number of halogens is 1. The van der Waals surface area contributed by atoms with Gasteiger partial charge in [-0.2, -0.15) is 0 Å². The highest BCUT2D eigenvalue weighted by molar-refractivity contribution is 6.32. The lowest BCUT2D eigenvalue weighted by molar-refractivity contribution is -1.00. The smallest absolute Gasteiger partial charge is 0.137 e. The number of benzene rings is 1. The van der Waals surface area contributed by atoms with Gasteiger partial charge >= 0.3 is 0 Å². The zero-order valence-corrected chi connectivity index (χ0v) is 14.0. The molecule has 0 bridgehead atoms. The Hall–Kier alpha value is -0.810. The number of rotatable bonds is 5. The van der Waals surface area contributed by atoms with E-state index in [4.69, 9.17) is 16.3 Å². The average Bonchev–Trinajstić information content (AvgIpc) is 2.45. The van der Waals surface area contributed by atoms with Crippen molar-refractivity contribution in [3.05, 3.63) is 28.3 Å². The molecule has 118 valence electrons. The van der Waals surface area contributed by atoms with Crippen molar-refractivity contribution in [1.82, 2.24) is 0 Å². The Balaban J connectivity index is 1.80. The first kappa shape index (κ1) is 16.6. The van der Waals surface area contributed by atoms with Crippen LogP contribution >= 0.6 is 11.6 Å². The number of likely N-dealkylation sites (N-methyl/N-ethyl adjacent to an activating group) is 1. The van der Waals surface area contributed by atoms with Crippen molar-refractivity contribution in [2.24, 2.45) is 0 Å². The summed E-state index contributed by atoms with van der Waals surface area (Å²) < 4.78 is 5.72. The summed E-state index contributed by atoms with van der Waals surface area (Å²) in [7, 11) is 2.22. The van der Waals surface area contributed by atoms with Crippen LogP contribution in [0.1, 0.15) is 11.1 Å². The first-order valence-corrected chi connectivity index (χ1v) is 8.06. The highest BCUT2D eigenvalue weighted by Crippen LogP contribution is 2.25. The molecule has 0 aliphatic carbocycles. The molecule has 1 aliphatic heterocycles. The Morgan fingerprint density at radius 1 is 1.19 bits per heavy atom. The van der Waals surface area contributed by atoms with Gasteiger partial charge in [0.05, 0.1) is 7.05 Å². The van der Waals surface area contributed by atoms with Gasteiger partial charge in [0.1, 0.15) is 51.2 Å². The third-order valence-electron chi connectivity index (χ3n) is 4.19. The second-order valence-electron chi connectivity index (χ2n) is 6.25. The van der Waals surface area contributed by atoms with Crippen molar-refractivity contribution in [3.63, 3.8) is 0 Å². The number of aryl methyl sites for hydroxylation is 2. The molecule has 3 N–H and O–H groups in total. The van der Waals surface area contributed by atoms with Crippen LogP contribution in [0.5, 0.6) is 5.75 Å². The third-order valence-corrected chi connectivity index (χ3v) is 4.78. The molecular formula is C16H27ClN2O2+2. The van der Waals surface area contributed by atoms with Crippen molar-refractivity contribution in [3.8, 4) is 5.75 Å². The second kappa shape index (κ2) is 7.45. The standard InChI is InChI=1S/C16H25ClN2O2/c1-12-8-15(9-13(2)16(12)17)21-11-14(20)10-19-6-4-18(3)5-7-19/h8-9,14,20H,4-7,10-11H2,1-3H3/p+2/t14-/m0/s1. The summed E-state index contributed by atoms with van der Waals surface area (Å²) in [6, 6.07) is 3.85. The van der Waals surface area contributed by atoms with E-state index in [0.717, 1.165) is 41.5 Å². The van der Waals surface area contributed by atoms with E-state index in [2.05, 4.69) is 7.05 Å². The topological polar surface area (TPSA) is 38.3 Å². The minimum absolute atomic E-state index is 0.340. The Labute approximate surface area is 132 Å². The Morgan fingerprint density at radius 2 is 1.76 bits per heavy atom. The molecule has 4 nitrogen and oxygen atoms in total. The van der Waals surface area contributed by atoms with E-state index in [1.165, 1.54) is 18.0 Å². The monoisotopic (exact) mass is 314 g/mol. The SMILES string of the molecule is Cc1cc(OC[C@@H](O)C[NH+]2CC[NH+](C)CC2)cc(C)c1Cl. The van der Waals surface area contributed by atoms with Crippen LogP contribution in [0.15, 0.2) is 12.1 Å². The van der Waals surface area contributed by atoms with Gasteiger partial charge in [0.15, 0.2) is 0 Å². The second-order valence-corrected chi connectivity index (χ2v) is 6.63. The van der Waals surface area contributed by atoms with E-state index in [1.54, 1.807) is 4.90 Å². The fraction of sp³-hybridized carbons (Fsp3) is 0.625. The van der Waals surface area contributed by atoms with E-state index < -0.39 is 6.10 Å². The van der Waals surface area contributed by atoms with Gasteiger partial charge in [-0.15, -0.1) is 0 Å². The van der Waals surface area contributed by atoms with Crippen LogP contribution < -0.4 is 14.5 Å². The molecular weight excluding hydrogens is 288 g/mol. The van der Waals surface area contributed by atoms with E-state index in [1.807, 2.05) is 26.0 Å². The first-order chi connectivity index (χ1) is 9.95. The molecule has 0 aromatic heterocycles. The van der Waals surface area contributed by atoms with Crippen LogP contribution in [0.25, 0.3) is 0 Å². The molecule has 5 heteroatoms. The predicted molar refractivity (Wildman–Crippen MR) is 84.6 cm³/mol. The number of aliphatic hydroxyl groups excluding tert-OH is 1. The van der Waals surface area contributed by atoms with E-state index in [9.17, 15) is 5.11 Å². The fourth-order valence-corrected chi connectivity index (χ4v) is 2.92. The predicted octanol–water partition coefficient (Wildman–Crippen LogP) is -0.890. The summed E-state index contributed by atoms with van der Waals surface area (Å²) in [5, 5.41) is 10.9. The van der Waals surface area contributed by atoms with Gasteiger partial charge in [-0.1, -0.05) is 11.6 Å². The summed E-state index contributed by atoms with van der Waals surface area (Å²) in [6.45, 7) is 9.65. The van der Waals surface area contributed by atoms with Crippen molar-refractivity contribution < 1.29 is 19.6 Å². The number of piperazine rings is 1. The zero-order valence-electron chi connectivity index (χ0n) is 13.2. The van der Waals surface area contributed by atoms with Gasteiger partial charge in [-0.25, -0.2) is 0 Å². The largest absolute Gasteiger partial charge is 0.491 e. The maximum atomic E-state index is 10.1. The van der Waals surface area contributed by atoms with Crippen LogP contribution in [0, 0.1) is 13.8 Å². The average molecular weight is 315 g/mol. The maximum Gasteiger partial charge on any atom is 0.137 e. The van der Waals surface area contributed by atoms with Gasteiger partial charge in [0, 0.05) is 5.02 Å². The molecule has 0 radical (unpaired) electrons. The number of nitrogens with one attached hydrogen (secondary N) is 2. The minimum atomic E-state index is -0.422. The highest BCUT2D eigenvalue weighted by atomic mass is 35.5. The molecule has 2 rings (SSSR count). The minimum Gasteiger partial charge on any atom is -0.491 e. The maximum absolute atomic E-state index is 10.1. The lowest BCUT2D eigenvalue weighted by atomic mass is 10.1. The summed E-state index contributed by atoms with van der Waals surface area (Å²) in [4.78, 5) is 3.05. The molecule has 0 amide bonds. The van der Waals surface area contributed by atoms with E-state index >= 15 is 0 Å². The number of hydrogen-bond donors (Lipinski definition) is 3. The highest BCUT2D eigenvalue weighted by Gasteiger charge is 2.22. The van der Waals surface area contributed by atoms with E-state index in [0.29, 0.717) is 6.61 Å². The number of hydrogen-bond acceptors (Lipinski definition) is 2. The van der Waals surface area contributed by atoms with Crippen molar-refractivity contribution >= 4 is 11.6 Å². The zero-order chi connectivity index (χ0) is 15.4. The quantitative estimate of drug-likeness (QED) is 0.660. The summed E-state index contributed by atoms with van der Waals surface area (Å²) in [5.41, 5.74) is 2.02. The summed E-state index contributed by atoms with van der Waals surface area (Å²) >= 11 is 6.14. The van der Waals surface area contributed by atoms with Gasteiger partial charge in [-0.3, -0.25) is 0 Å². The van der Waals surface area contributed by atoms with Crippen molar-refractivity contribution in [1.29, 1.82) is 0 Å². The first-order valence-electron chi connectivity index (χ1n) is 7.68. The Morgan fingerprint density at radius 3 is 2.33 bits per heavy atom. The number of ether oxygens (including phenoxy) is 1. The molecule has 1 saturated heterocycles. The van der Waals surface area contributed by atoms with E-state index in [-0.39, 0.29) is 0 Å². The number of aliphatic hydroxyl groups is 1. The Bertz CT molecular complexity index is 450. The van der Waals surface area contributed by atoms with Crippen LogP contribution in [-0.4, -0.2) is 57.6 Å². The lowest BCUT2D eigenvalue weighted by Gasteiger charge is -2.28. The van der Waals surface area contributed by atoms with Gasteiger partial charge in [0.2, 0.25) is 0 Å². The molecule has 1 atom stereocenters. The van der Waals surface area contributed by atoms with Gasteiger partial charge < -0.3 is 19.6 Å². The van der Waals surface area contributed by atoms with Crippen LogP contribution in [0.4, 0.5) is 0 Å². The van der Waals surface area contributed by atoms with Crippen LogP contribution in [0.3, 0.4) is 0 Å². The van der Waals surface area contributed by atoms with Crippen LogP contribution in [-0.2, 0) is 0 Å². The molecule has 1 aromatic rings. The molecule has 1 heterocycles. The van der Waals surface area contributed by atoms with Crippen molar-refractivity contribution in [2.45, 2.75) is 20.0 Å². The molecule has 21 heavy (non-hydrogen) atoms. The van der Waals surface area contributed by atoms with Gasteiger partial charge in [-0.05, 0) is 37.1 Å². The Kier molecular flexibility index (Phi) is 5.88.